The van der Waals surface area contributed by atoms with E-state index in [1.54, 1.807) is 79.9 Å². The van der Waals surface area contributed by atoms with Crippen molar-refractivity contribution in [3.8, 4) is 17.2 Å². The Hall–Kier alpha value is -2.47. The van der Waals surface area contributed by atoms with Crippen LogP contribution in [0.1, 0.15) is 61.0 Å². The molecule has 4 aromatic carbocycles. The van der Waals surface area contributed by atoms with E-state index in [0.29, 0.717) is 11.5 Å². The van der Waals surface area contributed by atoms with E-state index in [2.05, 4.69) is 12.1 Å². The van der Waals surface area contributed by atoms with Crippen LogP contribution in [0.2, 0.25) is 0 Å². The first-order chi connectivity index (χ1) is 19.0. The summed E-state index contributed by atoms with van der Waals surface area (Å²) in [6.07, 6.45) is 0. The smallest absolute Gasteiger partial charge is 0.206 e. The molecule has 0 atom stereocenters. The zero-order valence-electron chi connectivity index (χ0n) is 25.9. The zero-order valence-corrected chi connectivity index (χ0v) is 29.5. The number of rotatable bonds is 5. The molecule has 4 aromatic rings. The Labute approximate surface area is 270 Å². The Morgan fingerprint density at radius 1 is 0.525 bits per heavy atom. The van der Waals surface area contributed by atoms with Gasteiger partial charge in [-0.3, -0.25) is 0 Å². The van der Waals surface area contributed by atoms with Crippen molar-refractivity contribution in [2.24, 2.45) is 0 Å². The third-order valence-corrected chi connectivity index (χ3v) is 6.10. The summed E-state index contributed by atoms with van der Waals surface area (Å²) in [6, 6.07) is 33.5. The Morgan fingerprint density at radius 3 is 1.20 bits per heavy atom. The van der Waals surface area contributed by atoms with Crippen molar-refractivity contribution >= 4 is 9.84 Å². The maximum atomic E-state index is 12.6. The number of aryl methyl sites for hydroxylation is 1. The molecule has 40 heavy (non-hydrogen) atoms. The van der Waals surface area contributed by atoms with E-state index in [9.17, 15) is 8.42 Å². The van der Waals surface area contributed by atoms with Crippen molar-refractivity contribution in [3.05, 3.63) is 115 Å². The maximum Gasteiger partial charge on any atom is 0.206 e. The SMILES string of the molecule is CC.CC.CC.CC.COc1cc[c-]cc1.Cc1ccc(S(=O)(=O)c2ccc(Oc3cc[c-]cc3)cc2)cc1.[Y]. The normalized spacial score (nSPS) is 8.75. The van der Waals surface area contributed by atoms with Gasteiger partial charge >= 0.3 is 0 Å². The molecule has 4 nitrogen and oxygen atoms in total. The van der Waals surface area contributed by atoms with Gasteiger partial charge in [0.1, 0.15) is 5.75 Å². The molecular weight excluding hydrogens is 593 g/mol. The van der Waals surface area contributed by atoms with Gasteiger partial charge in [-0.1, -0.05) is 73.1 Å². The van der Waals surface area contributed by atoms with Crippen molar-refractivity contribution in [3.63, 3.8) is 0 Å². The van der Waals surface area contributed by atoms with Gasteiger partial charge in [-0.05, 0) is 43.3 Å². The van der Waals surface area contributed by atoms with Crippen molar-refractivity contribution in [1.29, 1.82) is 0 Å². The molecule has 1 radical (unpaired) electrons. The Morgan fingerprint density at radius 2 is 0.850 bits per heavy atom. The van der Waals surface area contributed by atoms with Crippen molar-refractivity contribution < 1.29 is 50.6 Å². The molecule has 0 fully saturated rings. The summed E-state index contributed by atoms with van der Waals surface area (Å²) in [6.45, 7) is 17.9. The summed E-state index contributed by atoms with van der Waals surface area (Å²) in [7, 11) is -1.86. The van der Waals surface area contributed by atoms with Crippen LogP contribution in [-0.2, 0) is 42.5 Å². The van der Waals surface area contributed by atoms with Gasteiger partial charge in [0.2, 0.25) is 9.84 Å². The molecule has 0 saturated heterocycles. The first-order valence-corrected chi connectivity index (χ1v) is 15.0. The summed E-state index contributed by atoms with van der Waals surface area (Å²) in [5, 5.41) is 0. The minimum absolute atomic E-state index is 0. The van der Waals surface area contributed by atoms with Crippen LogP contribution < -0.4 is 9.47 Å². The average molecular weight is 640 g/mol. The van der Waals surface area contributed by atoms with Crippen LogP contribution >= 0.6 is 0 Å². The monoisotopic (exact) mass is 639 g/mol. The van der Waals surface area contributed by atoms with E-state index < -0.39 is 9.84 Å². The molecule has 0 bridgehead atoms. The fraction of sp³-hybridized carbons (Fsp3) is 0.294. The van der Waals surface area contributed by atoms with E-state index in [1.807, 2.05) is 86.6 Å². The molecule has 217 valence electrons. The zero-order chi connectivity index (χ0) is 30.1. The molecule has 0 aliphatic rings. The third-order valence-electron chi connectivity index (χ3n) is 4.31. The fourth-order valence-corrected chi connectivity index (χ4v) is 3.88. The van der Waals surface area contributed by atoms with Gasteiger partial charge in [0.05, 0.1) is 16.9 Å². The van der Waals surface area contributed by atoms with Gasteiger partial charge in [-0.25, -0.2) is 8.42 Å². The standard InChI is InChI=1S/C19H15O3S.C7H7O.4C2H6.Y/c1-15-7-11-18(12-8-15)23(20,21)19-13-9-17(10-14-19)22-16-5-3-2-4-6-16;1-8-7-5-3-2-4-6-7;4*1-2;/h3-14H,1H3;3-6H,1H3;4*1-2H3;/q2*-1;;;;;. The largest absolute Gasteiger partial charge is 0.522 e. The summed E-state index contributed by atoms with van der Waals surface area (Å²) in [5.74, 6) is 2.14. The minimum Gasteiger partial charge on any atom is -0.522 e. The number of hydrogen-bond acceptors (Lipinski definition) is 4. The van der Waals surface area contributed by atoms with E-state index in [0.717, 1.165) is 11.3 Å². The maximum absolute atomic E-state index is 12.6. The first kappa shape index (κ1) is 42.0. The second-order valence-corrected chi connectivity index (χ2v) is 8.52. The predicted molar refractivity (Wildman–Crippen MR) is 166 cm³/mol. The van der Waals surface area contributed by atoms with Crippen LogP contribution in [0, 0.1) is 19.1 Å². The molecule has 0 aliphatic heterocycles. The van der Waals surface area contributed by atoms with Crippen LogP contribution in [-0.4, -0.2) is 15.5 Å². The van der Waals surface area contributed by atoms with E-state index in [-0.39, 0.29) is 42.5 Å². The van der Waals surface area contributed by atoms with E-state index in [1.165, 1.54) is 0 Å². The molecule has 0 N–H and O–H groups in total. The fourth-order valence-electron chi connectivity index (χ4n) is 2.62. The van der Waals surface area contributed by atoms with Gasteiger partial charge in [0, 0.05) is 44.2 Å². The van der Waals surface area contributed by atoms with Gasteiger partial charge in [-0.2, -0.15) is 36.4 Å². The summed E-state index contributed by atoms with van der Waals surface area (Å²) < 4.78 is 35.7. The number of sulfone groups is 1. The molecular formula is C34H46O4SY-2. The van der Waals surface area contributed by atoms with Crippen molar-refractivity contribution in [2.75, 3.05) is 7.11 Å². The number of ether oxygens (including phenoxy) is 2. The number of benzene rings is 4. The van der Waals surface area contributed by atoms with E-state index in [4.69, 9.17) is 9.47 Å². The third kappa shape index (κ3) is 16.0. The second-order valence-electron chi connectivity index (χ2n) is 6.57. The summed E-state index contributed by atoms with van der Waals surface area (Å²) in [4.78, 5) is 0.533. The summed E-state index contributed by atoms with van der Waals surface area (Å²) >= 11 is 0. The molecule has 4 rings (SSSR count). The molecule has 0 amide bonds. The van der Waals surface area contributed by atoms with Gasteiger partial charge < -0.3 is 9.47 Å². The Balaban J connectivity index is -0.000000676. The first-order valence-electron chi connectivity index (χ1n) is 13.5. The Kier molecular flexibility index (Phi) is 28.1. The van der Waals surface area contributed by atoms with Crippen LogP contribution in [0.3, 0.4) is 0 Å². The van der Waals surface area contributed by atoms with Crippen LogP contribution in [0.4, 0.5) is 0 Å². The molecule has 0 spiro atoms. The topological polar surface area (TPSA) is 52.6 Å². The van der Waals surface area contributed by atoms with Crippen LogP contribution in [0.15, 0.2) is 107 Å². The average Bonchev–Trinajstić information content (AvgIpc) is 3.03. The quantitative estimate of drug-likeness (QED) is 0.204. The van der Waals surface area contributed by atoms with Gasteiger partial charge in [-0.15, -0.1) is 24.3 Å². The van der Waals surface area contributed by atoms with Gasteiger partial charge in [0.25, 0.3) is 0 Å². The second kappa shape index (κ2) is 26.7. The van der Waals surface area contributed by atoms with Crippen molar-refractivity contribution in [2.45, 2.75) is 72.1 Å². The van der Waals surface area contributed by atoms with Crippen molar-refractivity contribution in [1.82, 2.24) is 0 Å². The molecule has 0 aromatic heterocycles. The van der Waals surface area contributed by atoms with E-state index >= 15 is 0 Å². The molecule has 0 aliphatic carbocycles. The van der Waals surface area contributed by atoms with Crippen LogP contribution in [0.25, 0.3) is 0 Å². The molecule has 0 heterocycles. The van der Waals surface area contributed by atoms with Crippen LogP contribution in [0.5, 0.6) is 17.2 Å². The minimum atomic E-state index is -3.51. The van der Waals surface area contributed by atoms with Gasteiger partial charge in [0.15, 0.2) is 0 Å². The predicted octanol–water partition coefficient (Wildman–Crippen LogP) is 10.0. The Bertz CT molecular complexity index is 1180. The molecule has 6 heteroatoms. The molecule has 0 unspecified atom stereocenters. The molecule has 0 saturated carbocycles. The number of methoxy groups -OCH3 is 1. The number of hydrogen-bond donors (Lipinski definition) is 0. The summed E-state index contributed by atoms with van der Waals surface area (Å²) in [5.41, 5.74) is 1.02.